The highest BCUT2D eigenvalue weighted by atomic mass is 16.5. The van der Waals surface area contributed by atoms with E-state index >= 15 is 0 Å². The van der Waals surface area contributed by atoms with Gasteiger partial charge in [0.1, 0.15) is 5.75 Å². The van der Waals surface area contributed by atoms with Gasteiger partial charge in [0.25, 0.3) is 0 Å². The van der Waals surface area contributed by atoms with Gasteiger partial charge in [-0.3, -0.25) is 4.79 Å². The molecule has 0 heterocycles. The highest BCUT2D eigenvalue weighted by Gasteiger charge is 2.22. The minimum atomic E-state index is -1.03. The molecule has 1 rings (SSSR count). The first-order chi connectivity index (χ1) is 8.79. The Hall–Kier alpha value is -2.10. The molecule has 19 heavy (non-hydrogen) atoms. The first-order valence-electron chi connectivity index (χ1n) is 6.00. The lowest BCUT2D eigenvalue weighted by Gasteiger charge is -2.18. The van der Waals surface area contributed by atoms with Crippen LogP contribution in [0, 0.1) is 13.8 Å². The van der Waals surface area contributed by atoms with E-state index in [0.717, 1.165) is 0 Å². The Morgan fingerprint density at radius 2 is 1.95 bits per heavy atom. The topological polar surface area (TPSA) is 63.6 Å². The number of ketones is 1. The van der Waals surface area contributed by atoms with Crippen LogP contribution in [0.15, 0.2) is 18.7 Å². The van der Waals surface area contributed by atoms with Gasteiger partial charge in [-0.25, -0.2) is 4.79 Å². The quantitative estimate of drug-likeness (QED) is 0.654. The zero-order valence-corrected chi connectivity index (χ0v) is 11.6. The smallest absolute Gasteiger partial charge is 0.336 e. The largest absolute Gasteiger partial charge is 0.490 e. The molecule has 0 saturated heterocycles. The van der Waals surface area contributed by atoms with Crippen LogP contribution in [0.5, 0.6) is 5.75 Å². The van der Waals surface area contributed by atoms with E-state index in [4.69, 9.17) is 4.74 Å². The highest BCUT2D eigenvalue weighted by Crippen LogP contribution is 2.31. The summed E-state index contributed by atoms with van der Waals surface area (Å²) in [7, 11) is 0. The average Bonchev–Trinajstić information content (AvgIpc) is 2.30. The van der Waals surface area contributed by atoms with Gasteiger partial charge in [0.15, 0.2) is 5.78 Å². The molecule has 0 aromatic heterocycles. The van der Waals surface area contributed by atoms with Crippen molar-refractivity contribution in [2.45, 2.75) is 33.8 Å². The van der Waals surface area contributed by atoms with Crippen LogP contribution in [0.1, 0.15) is 45.7 Å². The molecule has 1 aromatic carbocycles. The van der Waals surface area contributed by atoms with Crippen LogP contribution in [-0.4, -0.2) is 23.0 Å². The Bertz CT molecular complexity index is 542. The maximum Gasteiger partial charge on any atom is 0.336 e. The second kappa shape index (κ2) is 5.69. The molecule has 4 nitrogen and oxygen atoms in total. The molecule has 0 unspecified atom stereocenters. The molecular weight excluding hydrogens is 244 g/mol. The number of hydrogen-bond donors (Lipinski definition) is 1. The third-order valence-electron chi connectivity index (χ3n) is 2.73. The molecule has 4 heteroatoms. The van der Waals surface area contributed by atoms with Crippen LogP contribution in [0.2, 0.25) is 0 Å². The number of allylic oxidation sites excluding steroid dienone is 1. The summed E-state index contributed by atoms with van der Waals surface area (Å²) in [6.07, 6.45) is 1.04. The number of hydrogen-bond acceptors (Lipinski definition) is 3. The molecule has 102 valence electrons. The molecule has 0 atom stereocenters. The number of ether oxygens (including phenoxy) is 1. The number of aromatic carboxylic acids is 1. The number of carbonyl (C=O) groups excluding carboxylic acids is 1. The SMILES string of the molecule is C=CC(=O)c1cc(C)c(C(=O)O)c(C)c1OC(C)C. The number of carbonyl (C=O) groups is 2. The Labute approximate surface area is 112 Å². The van der Waals surface area contributed by atoms with E-state index in [2.05, 4.69) is 6.58 Å². The minimum Gasteiger partial charge on any atom is -0.490 e. The predicted molar refractivity (Wildman–Crippen MR) is 73.2 cm³/mol. The molecule has 0 saturated carbocycles. The van der Waals surface area contributed by atoms with Crippen LogP contribution in [0.4, 0.5) is 0 Å². The summed E-state index contributed by atoms with van der Waals surface area (Å²) in [6, 6.07) is 1.54. The monoisotopic (exact) mass is 262 g/mol. The van der Waals surface area contributed by atoms with E-state index in [9.17, 15) is 14.7 Å². The maximum absolute atomic E-state index is 11.9. The second-order valence-electron chi connectivity index (χ2n) is 4.61. The van der Waals surface area contributed by atoms with Gasteiger partial charge < -0.3 is 9.84 Å². The molecule has 0 aliphatic heterocycles. The Morgan fingerprint density at radius 1 is 1.37 bits per heavy atom. The molecule has 0 fully saturated rings. The first kappa shape index (κ1) is 15.0. The summed E-state index contributed by atoms with van der Waals surface area (Å²) in [5.41, 5.74) is 1.53. The molecular formula is C15H18O4. The summed E-state index contributed by atoms with van der Waals surface area (Å²) in [4.78, 5) is 23.1. The van der Waals surface area contributed by atoms with Crippen molar-refractivity contribution in [2.75, 3.05) is 0 Å². The third-order valence-corrected chi connectivity index (χ3v) is 2.73. The number of rotatable bonds is 5. The molecule has 0 bridgehead atoms. The Morgan fingerprint density at radius 3 is 2.37 bits per heavy atom. The fourth-order valence-corrected chi connectivity index (χ4v) is 1.98. The van der Waals surface area contributed by atoms with E-state index in [1.807, 2.05) is 13.8 Å². The lowest BCUT2D eigenvalue weighted by molar-refractivity contribution is 0.0693. The average molecular weight is 262 g/mol. The van der Waals surface area contributed by atoms with Crippen molar-refractivity contribution in [3.8, 4) is 5.75 Å². The van der Waals surface area contributed by atoms with Gasteiger partial charge in [-0.1, -0.05) is 6.58 Å². The third kappa shape index (κ3) is 3.02. The van der Waals surface area contributed by atoms with E-state index in [0.29, 0.717) is 22.4 Å². The van der Waals surface area contributed by atoms with Crippen LogP contribution >= 0.6 is 0 Å². The molecule has 0 radical (unpaired) electrons. The summed E-state index contributed by atoms with van der Waals surface area (Å²) in [6.45, 7) is 10.4. The predicted octanol–water partition coefficient (Wildman–Crippen LogP) is 3.16. The number of carboxylic acids is 1. The minimum absolute atomic E-state index is 0.153. The molecule has 0 aliphatic carbocycles. The van der Waals surface area contributed by atoms with Gasteiger partial charge in [-0.15, -0.1) is 0 Å². The number of carboxylic acid groups (broad SMARTS) is 1. The van der Waals surface area contributed by atoms with Crippen molar-refractivity contribution in [3.05, 3.63) is 41.0 Å². The van der Waals surface area contributed by atoms with Crippen LogP contribution in [-0.2, 0) is 0 Å². The van der Waals surface area contributed by atoms with Crippen molar-refractivity contribution in [2.24, 2.45) is 0 Å². The second-order valence-corrected chi connectivity index (χ2v) is 4.61. The summed E-state index contributed by atoms with van der Waals surface area (Å²) in [5.74, 6) is -0.983. The summed E-state index contributed by atoms with van der Waals surface area (Å²) < 4.78 is 5.61. The van der Waals surface area contributed by atoms with Crippen molar-refractivity contribution >= 4 is 11.8 Å². The van der Waals surface area contributed by atoms with Gasteiger partial charge in [-0.05, 0) is 45.4 Å². The van der Waals surface area contributed by atoms with Crippen molar-refractivity contribution in [3.63, 3.8) is 0 Å². The van der Waals surface area contributed by atoms with Gasteiger partial charge >= 0.3 is 5.97 Å². The van der Waals surface area contributed by atoms with E-state index in [1.165, 1.54) is 12.1 Å². The lowest BCUT2D eigenvalue weighted by atomic mass is 9.95. The van der Waals surface area contributed by atoms with Crippen LogP contribution in [0.3, 0.4) is 0 Å². The van der Waals surface area contributed by atoms with E-state index in [1.54, 1.807) is 13.8 Å². The lowest BCUT2D eigenvalue weighted by Crippen LogP contribution is -2.14. The molecule has 1 N–H and O–H groups in total. The zero-order chi connectivity index (χ0) is 14.7. The number of benzene rings is 1. The normalized spacial score (nSPS) is 10.4. The fraction of sp³-hybridized carbons (Fsp3) is 0.333. The van der Waals surface area contributed by atoms with E-state index < -0.39 is 5.97 Å². The number of aryl methyl sites for hydroxylation is 1. The van der Waals surface area contributed by atoms with Crippen molar-refractivity contribution in [1.82, 2.24) is 0 Å². The van der Waals surface area contributed by atoms with Gasteiger partial charge in [0.2, 0.25) is 0 Å². The van der Waals surface area contributed by atoms with Crippen LogP contribution < -0.4 is 4.74 Å². The maximum atomic E-state index is 11.9. The first-order valence-corrected chi connectivity index (χ1v) is 6.00. The van der Waals surface area contributed by atoms with E-state index in [-0.39, 0.29) is 17.5 Å². The summed E-state index contributed by atoms with van der Waals surface area (Å²) in [5, 5.41) is 9.23. The molecule has 0 spiro atoms. The summed E-state index contributed by atoms with van der Waals surface area (Å²) >= 11 is 0. The van der Waals surface area contributed by atoms with Gasteiger partial charge in [0, 0.05) is 5.56 Å². The Balaban J connectivity index is 3.61. The molecule has 0 amide bonds. The zero-order valence-electron chi connectivity index (χ0n) is 11.6. The fourth-order valence-electron chi connectivity index (χ4n) is 1.98. The van der Waals surface area contributed by atoms with Gasteiger partial charge in [0.05, 0.1) is 17.2 Å². The van der Waals surface area contributed by atoms with Crippen molar-refractivity contribution < 1.29 is 19.4 Å². The Kier molecular flexibility index (Phi) is 4.48. The standard InChI is InChI=1S/C15H18O4/c1-6-12(16)11-7-9(4)13(15(17)18)10(5)14(11)19-8(2)3/h6-8H,1H2,2-5H3,(H,17,18). The molecule has 1 aromatic rings. The van der Waals surface area contributed by atoms with Gasteiger partial charge in [-0.2, -0.15) is 0 Å². The van der Waals surface area contributed by atoms with Crippen LogP contribution in [0.25, 0.3) is 0 Å². The molecule has 0 aliphatic rings. The van der Waals surface area contributed by atoms with Crippen molar-refractivity contribution in [1.29, 1.82) is 0 Å². The highest BCUT2D eigenvalue weighted by molar-refractivity contribution is 6.08.